The molecule has 0 aliphatic heterocycles. The molecule has 0 saturated heterocycles. The molecule has 2 heterocycles. The van der Waals surface area contributed by atoms with Gasteiger partial charge in [0.2, 0.25) is 0 Å². The number of rotatable bonds is 16. The number of anilines is 1. The van der Waals surface area contributed by atoms with E-state index in [1.165, 1.54) is 26.9 Å². The molecule has 39 heavy (non-hydrogen) atoms. The highest BCUT2D eigenvalue weighted by atomic mass is 31.3. The van der Waals surface area contributed by atoms with E-state index >= 15 is 0 Å². The molecule has 7 unspecified atom stereocenters. The van der Waals surface area contributed by atoms with Crippen LogP contribution >= 0.6 is 23.5 Å². The zero-order chi connectivity index (χ0) is 28.8. The average molecular weight is 623 g/mol. The largest absolute Gasteiger partial charge is 0.520 e. The molecular formula is C16H28N5O15P3. The Kier molecular flexibility index (Phi) is 11.1. The predicted octanol–water partition coefficient (Wildman–Crippen LogP) is 2.10. The molecule has 1 saturated carbocycles. The number of methoxy groups -OCH3 is 2. The van der Waals surface area contributed by atoms with Crippen molar-refractivity contribution in [2.24, 2.45) is 5.92 Å². The van der Waals surface area contributed by atoms with Gasteiger partial charge in [-0.05, 0) is 6.42 Å². The number of ether oxygens (including phenoxy) is 2. The van der Waals surface area contributed by atoms with Gasteiger partial charge in [0, 0.05) is 20.1 Å². The van der Waals surface area contributed by atoms with Crippen LogP contribution in [-0.2, 0) is 65.0 Å². The number of nitrogens with zero attached hydrogens (tertiary/aromatic N) is 4. The topological polar surface area (TPSA) is 243 Å². The molecule has 23 heteroatoms. The number of nitrogens with two attached hydrogens (primary N) is 1. The maximum absolute atomic E-state index is 13.2. The van der Waals surface area contributed by atoms with E-state index in [0.717, 1.165) is 21.3 Å². The molecule has 0 bridgehead atoms. The van der Waals surface area contributed by atoms with Crippen molar-refractivity contribution in [1.29, 1.82) is 0 Å². The van der Waals surface area contributed by atoms with Crippen molar-refractivity contribution in [1.82, 2.24) is 19.5 Å². The number of hydrogen-bond acceptors (Lipinski definition) is 18. The van der Waals surface area contributed by atoms with E-state index in [1.54, 1.807) is 4.57 Å². The third kappa shape index (κ3) is 7.65. The first kappa shape index (κ1) is 32.1. The second-order valence-corrected chi connectivity index (χ2v) is 12.3. The summed E-state index contributed by atoms with van der Waals surface area (Å²) in [7, 11) is -10.0. The number of fused-ring (bicyclic) bond motifs is 1. The highest BCUT2D eigenvalue weighted by Crippen LogP contribution is 2.72. The van der Waals surface area contributed by atoms with Crippen molar-refractivity contribution in [3.63, 3.8) is 0 Å². The minimum absolute atomic E-state index is 0.192. The molecule has 3 N–H and O–H groups in total. The smallest absolute Gasteiger partial charge is 0.382 e. The van der Waals surface area contributed by atoms with Gasteiger partial charge < -0.3 is 24.7 Å². The molecule has 222 valence electrons. The van der Waals surface area contributed by atoms with Crippen LogP contribution in [0.2, 0.25) is 0 Å². The lowest BCUT2D eigenvalue weighted by molar-refractivity contribution is -0.215. The number of nitrogen functional groups attached to an aromatic ring is 1. The van der Waals surface area contributed by atoms with Crippen LogP contribution in [0.1, 0.15) is 12.5 Å². The first-order chi connectivity index (χ1) is 18.4. The van der Waals surface area contributed by atoms with Gasteiger partial charge in [-0.25, -0.2) is 43.3 Å². The molecule has 2 aromatic rings. The highest BCUT2D eigenvalue weighted by molar-refractivity contribution is 7.67. The summed E-state index contributed by atoms with van der Waals surface area (Å²) in [5.74, 6) is -0.361. The van der Waals surface area contributed by atoms with Gasteiger partial charge in [-0.2, -0.15) is 8.62 Å². The van der Waals surface area contributed by atoms with E-state index in [1.807, 2.05) is 0 Å². The quantitative estimate of drug-likeness (QED) is 0.154. The van der Waals surface area contributed by atoms with Gasteiger partial charge in [-0.15, -0.1) is 14.0 Å². The van der Waals surface area contributed by atoms with Crippen LogP contribution in [0, 0.1) is 5.92 Å². The van der Waals surface area contributed by atoms with E-state index in [9.17, 15) is 18.6 Å². The Balaban J connectivity index is 1.83. The minimum atomic E-state index is -5.33. The molecule has 3 rings (SSSR count). The van der Waals surface area contributed by atoms with Crippen molar-refractivity contribution < 1.29 is 69.9 Å². The standard InChI is InChI=1S/C16H28N5O15P3/c1-26-13-10(6-11(14(13)27-2)21-9-20-12-15(17)18-8-19-16(12)21)7-31-38(24,33-29-4)36-39(25,34-30-5)35-37(22,23)32-28-3/h8-11,13-14H,6-7H2,1-5H3,(H,22,23)(H2,17,18,19). The maximum atomic E-state index is 13.2. The molecule has 0 radical (unpaired) electrons. The predicted molar refractivity (Wildman–Crippen MR) is 126 cm³/mol. The summed E-state index contributed by atoms with van der Waals surface area (Å²) in [6.07, 6.45) is 1.91. The van der Waals surface area contributed by atoms with E-state index in [0.29, 0.717) is 17.6 Å². The third-order valence-corrected chi connectivity index (χ3v) is 10.0. The first-order valence-electron chi connectivity index (χ1n) is 10.7. The van der Waals surface area contributed by atoms with E-state index < -0.39 is 54.2 Å². The van der Waals surface area contributed by atoms with Gasteiger partial charge in [0.05, 0.1) is 46.4 Å². The molecular weight excluding hydrogens is 595 g/mol. The first-order valence-corrected chi connectivity index (χ1v) is 15.1. The Hall–Kier alpha value is -1.44. The lowest BCUT2D eigenvalue weighted by Gasteiger charge is -2.26. The zero-order valence-electron chi connectivity index (χ0n) is 21.2. The summed E-state index contributed by atoms with van der Waals surface area (Å²) in [6, 6.07) is -0.408. The minimum Gasteiger partial charge on any atom is -0.382 e. The molecule has 2 aromatic heterocycles. The van der Waals surface area contributed by atoms with Crippen molar-refractivity contribution in [2.45, 2.75) is 24.7 Å². The number of hydrogen-bond donors (Lipinski definition) is 2. The fraction of sp³-hybridized carbons (Fsp3) is 0.688. The van der Waals surface area contributed by atoms with Gasteiger partial charge in [0.25, 0.3) is 0 Å². The van der Waals surface area contributed by atoms with E-state index in [4.69, 9.17) is 24.0 Å². The van der Waals surface area contributed by atoms with Gasteiger partial charge in [-0.3, -0.25) is 4.52 Å². The average Bonchev–Trinajstić information content (AvgIpc) is 3.43. The van der Waals surface area contributed by atoms with Crippen LogP contribution < -0.4 is 5.73 Å². The highest BCUT2D eigenvalue weighted by Gasteiger charge is 2.51. The van der Waals surface area contributed by atoms with Crippen LogP contribution in [-0.4, -0.2) is 78.8 Å². The SMILES string of the molecule is COOP(=O)(O)OP(=O)(OOC)OP(=O)(OCC1CC(n2cnc3c(N)ncnc32)C(OC)C1OC)OOC. The van der Waals surface area contributed by atoms with E-state index in [2.05, 4.69) is 47.9 Å². The molecule has 1 fully saturated rings. The molecule has 0 amide bonds. The molecule has 1 aliphatic carbocycles. The number of phosphoric acid groups is 3. The van der Waals surface area contributed by atoms with Crippen molar-refractivity contribution in [3.05, 3.63) is 12.7 Å². The molecule has 0 spiro atoms. The van der Waals surface area contributed by atoms with Crippen LogP contribution in [0.5, 0.6) is 0 Å². The Morgan fingerprint density at radius 3 is 2.18 bits per heavy atom. The van der Waals surface area contributed by atoms with Gasteiger partial charge in [0.1, 0.15) is 17.9 Å². The Morgan fingerprint density at radius 2 is 1.56 bits per heavy atom. The zero-order valence-corrected chi connectivity index (χ0v) is 23.9. The Labute approximate surface area is 221 Å². The van der Waals surface area contributed by atoms with Crippen LogP contribution in [0.3, 0.4) is 0 Å². The van der Waals surface area contributed by atoms with Crippen molar-refractivity contribution >= 4 is 40.4 Å². The summed E-state index contributed by atoms with van der Waals surface area (Å²) in [5.41, 5.74) is 6.73. The third-order valence-electron chi connectivity index (χ3n) is 5.35. The van der Waals surface area contributed by atoms with Crippen LogP contribution in [0.25, 0.3) is 11.2 Å². The summed E-state index contributed by atoms with van der Waals surface area (Å²) in [5, 5.41) is 0. The van der Waals surface area contributed by atoms with Gasteiger partial charge in [-0.1, -0.05) is 0 Å². The van der Waals surface area contributed by atoms with Crippen LogP contribution in [0.4, 0.5) is 5.82 Å². The lowest BCUT2D eigenvalue weighted by atomic mass is 10.1. The summed E-state index contributed by atoms with van der Waals surface area (Å²) in [4.78, 5) is 34.7. The lowest BCUT2D eigenvalue weighted by Crippen LogP contribution is -2.34. The molecule has 7 atom stereocenters. The van der Waals surface area contributed by atoms with Crippen molar-refractivity contribution in [3.8, 4) is 0 Å². The normalized spacial score (nSPS) is 26.3. The van der Waals surface area contributed by atoms with E-state index in [-0.39, 0.29) is 5.82 Å². The van der Waals surface area contributed by atoms with Gasteiger partial charge >= 0.3 is 23.5 Å². The Morgan fingerprint density at radius 1 is 0.923 bits per heavy atom. The van der Waals surface area contributed by atoms with Crippen LogP contribution in [0.15, 0.2) is 12.7 Å². The number of aromatic nitrogens is 4. The summed E-state index contributed by atoms with van der Waals surface area (Å²) < 4.78 is 78.2. The summed E-state index contributed by atoms with van der Waals surface area (Å²) in [6.45, 7) is -0.419. The van der Waals surface area contributed by atoms with Gasteiger partial charge in [0.15, 0.2) is 11.5 Å². The fourth-order valence-electron chi connectivity index (χ4n) is 4.06. The number of imidazole rings is 1. The molecule has 0 aromatic carbocycles. The maximum Gasteiger partial charge on any atom is 0.520 e. The fourth-order valence-corrected chi connectivity index (χ4v) is 8.03. The Bertz CT molecular complexity index is 1250. The summed E-state index contributed by atoms with van der Waals surface area (Å²) >= 11 is 0. The molecule has 20 nitrogen and oxygen atoms in total. The second-order valence-electron chi connectivity index (χ2n) is 7.59. The monoisotopic (exact) mass is 623 g/mol. The second kappa shape index (κ2) is 13.5. The molecule has 1 aliphatic rings. The van der Waals surface area contributed by atoms with Crippen molar-refractivity contribution in [2.75, 3.05) is 47.9 Å².